The van der Waals surface area contributed by atoms with Crippen LogP contribution in [-0.4, -0.2) is 25.1 Å². The first-order chi connectivity index (χ1) is 13.1. The number of benzene rings is 2. The number of hydrogen-bond acceptors (Lipinski definition) is 5. The largest absolute Gasteiger partial charge is 0.497 e. The number of carbonyl (C=O) groups excluding carboxylic acids is 1. The zero-order valence-corrected chi connectivity index (χ0v) is 16.4. The van der Waals surface area contributed by atoms with Gasteiger partial charge in [-0.3, -0.25) is 4.79 Å². The minimum absolute atomic E-state index is 0.0750. The normalized spacial score (nSPS) is 10.5. The number of nitrogens with zero attached hydrogens (tertiary/aromatic N) is 1. The van der Waals surface area contributed by atoms with E-state index in [9.17, 15) is 4.79 Å². The number of ether oxygens (including phenoxy) is 2. The standard InChI is InChI=1S/C21H22N2O3S/c1-14-5-4-6-15(9-14)21-23-17(13-27-21)10-20(24)22-12-16-7-8-18(25-2)11-19(16)26-3/h4-9,11,13H,10,12H2,1-3H3,(H,22,24). The minimum Gasteiger partial charge on any atom is -0.497 e. The molecule has 0 radical (unpaired) electrons. The van der Waals surface area contributed by atoms with Crippen LogP contribution in [0, 0.1) is 6.92 Å². The summed E-state index contributed by atoms with van der Waals surface area (Å²) in [6.07, 6.45) is 0.251. The molecule has 1 aromatic heterocycles. The molecule has 0 spiro atoms. The van der Waals surface area contributed by atoms with Crippen LogP contribution in [0.2, 0.25) is 0 Å². The second-order valence-electron chi connectivity index (χ2n) is 6.14. The summed E-state index contributed by atoms with van der Waals surface area (Å²) in [6, 6.07) is 13.7. The van der Waals surface area contributed by atoms with Gasteiger partial charge in [-0.15, -0.1) is 11.3 Å². The molecule has 1 amide bonds. The Labute approximate surface area is 163 Å². The molecule has 0 aliphatic heterocycles. The molecule has 0 aliphatic carbocycles. The van der Waals surface area contributed by atoms with Crippen LogP contribution in [0.4, 0.5) is 0 Å². The monoisotopic (exact) mass is 382 g/mol. The Morgan fingerprint density at radius 3 is 2.74 bits per heavy atom. The molecule has 0 fully saturated rings. The maximum absolute atomic E-state index is 12.3. The van der Waals surface area contributed by atoms with Gasteiger partial charge < -0.3 is 14.8 Å². The molecule has 5 nitrogen and oxygen atoms in total. The number of rotatable bonds is 7. The van der Waals surface area contributed by atoms with Crippen LogP contribution in [0.25, 0.3) is 10.6 Å². The Morgan fingerprint density at radius 2 is 2.00 bits per heavy atom. The summed E-state index contributed by atoms with van der Waals surface area (Å²) in [5.74, 6) is 1.33. The fourth-order valence-corrected chi connectivity index (χ4v) is 3.53. The van der Waals surface area contributed by atoms with Gasteiger partial charge in [0.15, 0.2) is 0 Å². The molecule has 27 heavy (non-hydrogen) atoms. The van der Waals surface area contributed by atoms with Crippen molar-refractivity contribution >= 4 is 17.2 Å². The van der Waals surface area contributed by atoms with E-state index in [1.54, 1.807) is 31.6 Å². The lowest BCUT2D eigenvalue weighted by Gasteiger charge is -2.11. The van der Waals surface area contributed by atoms with Crippen LogP contribution in [0.15, 0.2) is 47.8 Å². The lowest BCUT2D eigenvalue weighted by Crippen LogP contribution is -2.24. The van der Waals surface area contributed by atoms with E-state index in [-0.39, 0.29) is 12.3 Å². The number of aromatic nitrogens is 1. The smallest absolute Gasteiger partial charge is 0.226 e. The maximum Gasteiger partial charge on any atom is 0.226 e. The third-order valence-electron chi connectivity index (χ3n) is 4.13. The average Bonchev–Trinajstić information content (AvgIpc) is 3.14. The van der Waals surface area contributed by atoms with Gasteiger partial charge in [0.25, 0.3) is 0 Å². The molecule has 0 saturated heterocycles. The minimum atomic E-state index is -0.0750. The van der Waals surface area contributed by atoms with Crippen LogP contribution in [0.3, 0.4) is 0 Å². The van der Waals surface area contributed by atoms with E-state index in [2.05, 4.69) is 29.4 Å². The summed E-state index contributed by atoms with van der Waals surface area (Å²) in [5.41, 5.74) is 3.94. The Morgan fingerprint density at radius 1 is 1.15 bits per heavy atom. The Bertz CT molecular complexity index is 937. The van der Waals surface area contributed by atoms with Crippen LogP contribution in [0.1, 0.15) is 16.8 Å². The highest BCUT2D eigenvalue weighted by molar-refractivity contribution is 7.13. The van der Waals surface area contributed by atoms with Crippen molar-refractivity contribution in [3.05, 3.63) is 64.7 Å². The van der Waals surface area contributed by atoms with Gasteiger partial charge in [0.2, 0.25) is 5.91 Å². The van der Waals surface area contributed by atoms with Crippen molar-refractivity contribution in [2.75, 3.05) is 14.2 Å². The van der Waals surface area contributed by atoms with E-state index in [0.717, 1.165) is 21.8 Å². The SMILES string of the molecule is COc1ccc(CNC(=O)Cc2csc(-c3cccc(C)c3)n2)c(OC)c1. The lowest BCUT2D eigenvalue weighted by molar-refractivity contribution is -0.120. The van der Waals surface area contributed by atoms with E-state index in [1.165, 1.54) is 5.56 Å². The number of amides is 1. The Hall–Kier alpha value is -2.86. The van der Waals surface area contributed by atoms with E-state index < -0.39 is 0 Å². The number of hydrogen-bond donors (Lipinski definition) is 1. The number of aryl methyl sites for hydroxylation is 1. The molecule has 2 aromatic carbocycles. The topological polar surface area (TPSA) is 60.5 Å². The van der Waals surface area contributed by atoms with Gasteiger partial charge >= 0.3 is 0 Å². The predicted octanol–water partition coefficient (Wildman–Crippen LogP) is 3.99. The van der Waals surface area contributed by atoms with Crippen molar-refractivity contribution in [2.24, 2.45) is 0 Å². The van der Waals surface area contributed by atoms with Crippen molar-refractivity contribution in [2.45, 2.75) is 19.9 Å². The van der Waals surface area contributed by atoms with Crippen LogP contribution < -0.4 is 14.8 Å². The molecular formula is C21H22N2O3S. The number of methoxy groups -OCH3 is 2. The summed E-state index contributed by atoms with van der Waals surface area (Å²) in [7, 11) is 3.21. The average molecular weight is 382 g/mol. The van der Waals surface area contributed by atoms with Gasteiger partial charge in [-0.05, 0) is 25.1 Å². The van der Waals surface area contributed by atoms with Crippen molar-refractivity contribution in [3.8, 4) is 22.1 Å². The first-order valence-electron chi connectivity index (χ1n) is 8.58. The zero-order valence-electron chi connectivity index (χ0n) is 15.6. The maximum atomic E-state index is 12.3. The van der Waals surface area contributed by atoms with Crippen LogP contribution >= 0.6 is 11.3 Å². The van der Waals surface area contributed by atoms with Crippen molar-refractivity contribution in [1.82, 2.24) is 10.3 Å². The summed E-state index contributed by atoms with van der Waals surface area (Å²) in [6.45, 7) is 2.44. The van der Waals surface area contributed by atoms with Gasteiger partial charge in [0.05, 0.1) is 26.3 Å². The van der Waals surface area contributed by atoms with Gasteiger partial charge in [-0.25, -0.2) is 4.98 Å². The fraction of sp³-hybridized carbons (Fsp3) is 0.238. The second-order valence-corrected chi connectivity index (χ2v) is 7.00. The molecule has 140 valence electrons. The van der Waals surface area contributed by atoms with E-state index >= 15 is 0 Å². The molecule has 0 bridgehead atoms. The molecule has 3 rings (SSSR count). The summed E-state index contributed by atoms with van der Waals surface area (Å²) in [5, 5.41) is 5.79. The van der Waals surface area contributed by atoms with E-state index in [1.807, 2.05) is 29.6 Å². The van der Waals surface area contributed by atoms with Crippen molar-refractivity contribution in [3.63, 3.8) is 0 Å². The lowest BCUT2D eigenvalue weighted by atomic mass is 10.1. The van der Waals surface area contributed by atoms with Gasteiger partial charge in [0, 0.05) is 29.1 Å². The molecule has 6 heteroatoms. The quantitative estimate of drug-likeness (QED) is 0.671. The van der Waals surface area contributed by atoms with Crippen molar-refractivity contribution < 1.29 is 14.3 Å². The molecule has 0 unspecified atom stereocenters. The summed E-state index contributed by atoms with van der Waals surface area (Å²) >= 11 is 1.55. The molecule has 0 atom stereocenters. The third kappa shape index (κ3) is 4.86. The fourth-order valence-electron chi connectivity index (χ4n) is 2.72. The third-order valence-corrected chi connectivity index (χ3v) is 5.07. The van der Waals surface area contributed by atoms with E-state index in [0.29, 0.717) is 18.0 Å². The molecule has 3 aromatic rings. The Balaban J connectivity index is 1.60. The second kappa shape index (κ2) is 8.68. The van der Waals surface area contributed by atoms with Gasteiger partial charge in [-0.1, -0.05) is 23.8 Å². The van der Waals surface area contributed by atoms with Crippen LogP contribution in [0.5, 0.6) is 11.5 Å². The molecule has 0 aliphatic rings. The highest BCUT2D eigenvalue weighted by Gasteiger charge is 2.11. The molecule has 1 N–H and O–H groups in total. The van der Waals surface area contributed by atoms with Crippen LogP contribution in [-0.2, 0) is 17.8 Å². The number of thiazole rings is 1. The van der Waals surface area contributed by atoms with Gasteiger partial charge in [-0.2, -0.15) is 0 Å². The van der Waals surface area contributed by atoms with Crippen molar-refractivity contribution in [1.29, 1.82) is 0 Å². The zero-order chi connectivity index (χ0) is 19.2. The van der Waals surface area contributed by atoms with E-state index in [4.69, 9.17) is 9.47 Å². The highest BCUT2D eigenvalue weighted by atomic mass is 32.1. The predicted molar refractivity (Wildman–Crippen MR) is 107 cm³/mol. The Kier molecular flexibility index (Phi) is 6.08. The molecule has 1 heterocycles. The summed E-state index contributed by atoms with van der Waals surface area (Å²) < 4.78 is 10.5. The molecular weight excluding hydrogens is 360 g/mol. The first-order valence-corrected chi connectivity index (χ1v) is 9.46. The van der Waals surface area contributed by atoms with Gasteiger partial charge in [0.1, 0.15) is 16.5 Å². The summed E-state index contributed by atoms with van der Waals surface area (Å²) in [4.78, 5) is 16.9. The first kappa shape index (κ1) is 18.9. The number of carbonyl (C=O) groups is 1. The highest BCUT2D eigenvalue weighted by Crippen LogP contribution is 2.25. The molecule has 0 saturated carbocycles. The number of nitrogens with one attached hydrogen (secondary N) is 1.